The minimum Gasteiger partial charge on any atom is -0.463 e. The molecule has 0 aliphatic rings. The van der Waals surface area contributed by atoms with Crippen molar-refractivity contribution in [2.24, 2.45) is 5.73 Å². The fourth-order valence-corrected chi connectivity index (χ4v) is 1.83. The van der Waals surface area contributed by atoms with E-state index >= 15 is 0 Å². The van der Waals surface area contributed by atoms with Crippen molar-refractivity contribution in [3.05, 3.63) is 29.0 Å². The molecule has 18 heavy (non-hydrogen) atoms. The molecule has 0 atom stereocenters. The molecule has 1 heterocycles. The van der Waals surface area contributed by atoms with Crippen LogP contribution >= 0.6 is 23.8 Å². The third-order valence-corrected chi connectivity index (χ3v) is 2.61. The van der Waals surface area contributed by atoms with E-state index in [-0.39, 0.29) is 10.9 Å². The van der Waals surface area contributed by atoms with E-state index in [9.17, 15) is 4.79 Å². The summed E-state index contributed by atoms with van der Waals surface area (Å²) >= 11 is 10.7. The van der Waals surface area contributed by atoms with E-state index in [1.165, 1.54) is 7.11 Å². The summed E-state index contributed by atoms with van der Waals surface area (Å²) in [5.41, 5.74) is 6.26. The van der Waals surface area contributed by atoms with Crippen LogP contribution in [-0.4, -0.2) is 18.2 Å². The Hall–Kier alpha value is -1.79. The average molecular weight is 285 g/mol. The van der Waals surface area contributed by atoms with Crippen LogP contribution in [0.4, 0.5) is 5.69 Å². The molecule has 0 aliphatic heterocycles. The first-order chi connectivity index (χ1) is 8.52. The van der Waals surface area contributed by atoms with Crippen LogP contribution in [0.1, 0.15) is 10.6 Å². The van der Waals surface area contributed by atoms with Gasteiger partial charge < -0.3 is 20.2 Å². The zero-order valence-corrected chi connectivity index (χ0v) is 10.9. The Bertz CT molecular complexity index is 638. The number of esters is 1. The summed E-state index contributed by atoms with van der Waals surface area (Å²) in [4.78, 5) is 11.6. The molecular weight excluding hydrogens is 276 g/mol. The van der Waals surface area contributed by atoms with Gasteiger partial charge in [0.15, 0.2) is 5.11 Å². The standard InChI is InChI=1S/C11H9ClN2O3S/c1-16-10(15)9-8(14-11(13)18)6-4-5(12)2-3-7(6)17-9/h2-4H,1H3,(H3,13,14,18). The highest BCUT2D eigenvalue weighted by molar-refractivity contribution is 7.80. The number of fused-ring (bicyclic) bond motifs is 1. The molecular formula is C11H9ClN2O3S. The van der Waals surface area contributed by atoms with Crippen LogP contribution < -0.4 is 11.1 Å². The quantitative estimate of drug-likeness (QED) is 0.652. The highest BCUT2D eigenvalue weighted by Gasteiger charge is 2.21. The summed E-state index contributed by atoms with van der Waals surface area (Å²) in [6.45, 7) is 0. The highest BCUT2D eigenvalue weighted by Crippen LogP contribution is 2.33. The Kier molecular flexibility index (Phi) is 3.40. The van der Waals surface area contributed by atoms with Gasteiger partial charge in [0.05, 0.1) is 7.11 Å². The van der Waals surface area contributed by atoms with Crippen LogP contribution in [0.15, 0.2) is 22.6 Å². The lowest BCUT2D eigenvalue weighted by atomic mass is 10.2. The fourth-order valence-electron chi connectivity index (χ4n) is 1.55. The third kappa shape index (κ3) is 2.25. The summed E-state index contributed by atoms with van der Waals surface area (Å²) < 4.78 is 10.0. The number of hydrogen-bond acceptors (Lipinski definition) is 4. The number of ether oxygens (including phenoxy) is 1. The number of nitrogens with two attached hydrogens (primary N) is 1. The number of thiocarbonyl (C=S) groups is 1. The largest absolute Gasteiger partial charge is 0.463 e. The van der Waals surface area contributed by atoms with Gasteiger partial charge in [-0.15, -0.1) is 0 Å². The SMILES string of the molecule is COC(=O)c1oc2ccc(Cl)cc2c1NC(N)=S. The van der Waals surface area contributed by atoms with Crippen molar-refractivity contribution < 1.29 is 13.9 Å². The molecule has 1 aromatic heterocycles. The molecule has 0 bridgehead atoms. The van der Waals surface area contributed by atoms with E-state index in [4.69, 9.17) is 34.0 Å². The van der Waals surface area contributed by atoms with Gasteiger partial charge in [-0.25, -0.2) is 4.79 Å². The number of carbonyl (C=O) groups is 1. The van der Waals surface area contributed by atoms with Gasteiger partial charge in [-0.2, -0.15) is 0 Å². The number of anilines is 1. The maximum absolute atomic E-state index is 11.6. The molecule has 0 saturated carbocycles. The number of furan rings is 1. The Morgan fingerprint density at radius 2 is 2.28 bits per heavy atom. The number of rotatable bonds is 2. The maximum Gasteiger partial charge on any atom is 0.376 e. The summed E-state index contributed by atoms with van der Waals surface area (Å²) in [7, 11) is 1.26. The van der Waals surface area contributed by atoms with Crippen molar-refractivity contribution >= 4 is 51.6 Å². The Balaban J connectivity index is 2.68. The molecule has 2 rings (SSSR count). The molecule has 7 heteroatoms. The van der Waals surface area contributed by atoms with Crippen molar-refractivity contribution in [3.63, 3.8) is 0 Å². The minimum absolute atomic E-state index is 0.00238. The smallest absolute Gasteiger partial charge is 0.376 e. The molecule has 1 aromatic carbocycles. The predicted octanol–water partition coefficient (Wildman–Crippen LogP) is 2.53. The lowest BCUT2D eigenvalue weighted by Crippen LogP contribution is -2.20. The Morgan fingerprint density at radius 1 is 1.56 bits per heavy atom. The minimum atomic E-state index is -0.624. The number of methoxy groups -OCH3 is 1. The van der Waals surface area contributed by atoms with Gasteiger partial charge in [-0.1, -0.05) is 11.6 Å². The molecule has 3 N–H and O–H groups in total. The van der Waals surface area contributed by atoms with E-state index in [2.05, 4.69) is 10.1 Å². The van der Waals surface area contributed by atoms with E-state index in [1.807, 2.05) is 0 Å². The molecule has 0 spiro atoms. The van der Waals surface area contributed by atoms with Crippen molar-refractivity contribution in [1.29, 1.82) is 0 Å². The molecule has 2 aromatic rings. The number of halogens is 1. The van der Waals surface area contributed by atoms with Crippen molar-refractivity contribution in [2.75, 3.05) is 12.4 Å². The molecule has 0 aliphatic carbocycles. The number of hydrogen-bond donors (Lipinski definition) is 2. The van der Waals surface area contributed by atoms with E-state index in [0.29, 0.717) is 21.7 Å². The van der Waals surface area contributed by atoms with Crippen molar-refractivity contribution in [1.82, 2.24) is 0 Å². The van der Waals surface area contributed by atoms with Crippen molar-refractivity contribution in [3.8, 4) is 0 Å². The van der Waals surface area contributed by atoms with Gasteiger partial charge >= 0.3 is 5.97 Å². The second-order valence-electron chi connectivity index (χ2n) is 3.43. The van der Waals surface area contributed by atoms with E-state index in [0.717, 1.165) is 0 Å². The normalized spacial score (nSPS) is 10.3. The second-order valence-corrected chi connectivity index (χ2v) is 4.30. The summed E-state index contributed by atoms with van der Waals surface area (Å²) in [5, 5.41) is 3.82. The predicted molar refractivity (Wildman–Crippen MR) is 73.0 cm³/mol. The molecule has 0 radical (unpaired) electrons. The lowest BCUT2D eigenvalue weighted by molar-refractivity contribution is 0.0569. The van der Waals surface area contributed by atoms with Crippen LogP contribution in [0.3, 0.4) is 0 Å². The van der Waals surface area contributed by atoms with Crippen LogP contribution in [-0.2, 0) is 4.74 Å². The molecule has 0 fully saturated rings. The molecule has 0 saturated heterocycles. The van der Waals surface area contributed by atoms with E-state index in [1.54, 1.807) is 18.2 Å². The van der Waals surface area contributed by atoms with Gasteiger partial charge in [0.2, 0.25) is 5.76 Å². The topological polar surface area (TPSA) is 77.5 Å². The summed E-state index contributed by atoms with van der Waals surface area (Å²) in [6.07, 6.45) is 0. The van der Waals surface area contributed by atoms with Crippen LogP contribution in [0.25, 0.3) is 11.0 Å². The van der Waals surface area contributed by atoms with Gasteiger partial charge in [0.25, 0.3) is 0 Å². The first-order valence-corrected chi connectivity index (χ1v) is 5.68. The van der Waals surface area contributed by atoms with Gasteiger partial charge in [-0.05, 0) is 30.4 Å². The second kappa shape index (κ2) is 4.83. The monoisotopic (exact) mass is 284 g/mol. The molecule has 0 amide bonds. The van der Waals surface area contributed by atoms with Crippen molar-refractivity contribution in [2.45, 2.75) is 0 Å². The fraction of sp³-hybridized carbons (Fsp3) is 0.0909. The highest BCUT2D eigenvalue weighted by atomic mass is 35.5. The molecule has 5 nitrogen and oxygen atoms in total. The number of nitrogens with one attached hydrogen (secondary N) is 1. The Morgan fingerprint density at radius 3 is 2.89 bits per heavy atom. The third-order valence-electron chi connectivity index (χ3n) is 2.27. The van der Waals surface area contributed by atoms with Crippen LogP contribution in [0.2, 0.25) is 5.02 Å². The van der Waals surface area contributed by atoms with Crippen LogP contribution in [0.5, 0.6) is 0 Å². The summed E-state index contributed by atoms with van der Waals surface area (Å²) in [6, 6.07) is 4.95. The van der Waals surface area contributed by atoms with Gasteiger partial charge in [0, 0.05) is 10.4 Å². The molecule has 94 valence electrons. The van der Waals surface area contributed by atoms with Gasteiger partial charge in [-0.3, -0.25) is 0 Å². The lowest BCUT2D eigenvalue weighted by Gasteiger charge is -2.03. The molecule has 0 unspecified atom stereocenters. The Labute approximate surface area is 113 Å². The van der Waals surface area contributed by atoms with E-state index < -0.39 is 5.97 Å². The van der Waals surface area contributed by atoms with Gasteiger partial charge in [0.1, 0.15) is 11.3 Å². The first kappa shape index (κ1) is 12.7. The maximum atomic E-state index is 11.6. The number of carbonyl (C=O) groups excluding carboxylic acids is 1. The zero-order chi connectivity index (χ0) is 13.3. The number of benzene rings is 1. The zero-order valence-electron chi connectivity index (χ0n) is 9.32. The van der Waals surface area contributed by atoms with Crippen LogP contribution in [0, 0.1) is 0 Å². The summed E-state index contributed by atoms with van der Waals surface area (Å²) in [5.74, 6) is -0.622. The first-order valence-electron chi connectivity index (χ1n) is 4.89. The average Bonchev–Trinajstić information content (AvgIpc) is 2.66.